The third-order valence-corrected chi connectivity index (χ3v) is 6.40. The highest BCUT2D eigenvalue weighted by molar-refractivity contribution is 6.23. The van der Waals surface area contributed by atoms with Crippen LogP contribution in [0.2, 0.25) is 0 Å². The van der Waals surface area contributed by atoms with Gasteiger partial charge in [0.1, 0.15) is 5.92 Å². The SMILES string of the molecule is Cc1cc(-c2ccc(C(F)(F)F)cc2)cc(C)c1C1C(=O)CC(=CC2CCOCC2)C1=O. The topological polar surface area (TPSA) is 43.4 Å². The van der Waals surface area contributed by atoms with Gasteiger partial charge < -0.3 is 4.74 Å². The van der Waals surface area contributed by atoms with E-state index < -0.39 is 17.7 Å². The number of carbonyl (C=O) groups is 2. The van der Waals surface area contributed by atoms with Crippen LogP contribution in [0.4, 0.5) is 13.2 Å². The molecule has 1 atom stereocenters. The fraction of sp³-hybridized carbons (Fsp3) is 0.385. The number of Topliss-reactive ketones (excluding diaryl/α,β-unsaturated/α-hetero) is 2. The molecule has 1 aliphatic heterocycles. The average Bonchev–Trinajstić information content (AvgIpc) is 3.01. The van der Waals surface area contributed by atoms with Crippen molar-refractivity contribution in [3.05, 3.63) is 70.3 Å². The molecule has 2 fully saturated rings. The van der Waals surface area contributed by atoms with Gasteiger partial charge in [-0.2, -0.15) is 13.2 Å². The summed E-state index contributed by atoms with van der Waals surface area (Å²) in [6, 6.07) is 8.68. The van der Waals surface area contributed by atoms with Gasteiger partial charge in [-0.3, -0.25) is 9.59 Å². The molecular weight excluding hydrogens is 417 g/mol. The number of halogens is 3. The number of hydrogen-bond donors (Lipinski definition) is 0. The minimum absolute atomic E-state index is 0.0956. The van der Waals surface area contributed by atoms with Crippen LogP contribution in [-0.2, 0) is 20.5 Å². The summed E-state index contributed by atoms with van der Waals surface area (Å²) in [5, 5.41) is 0. The van der Waals surface area contributed by atoms with Gasteiger partial charge in [0.25, 0.3) is 0 Å². The second-order valence-electron chi connectivity index (χ2n) is 8.68. The number of carbonyl (C=O) groups excluding carboxylic acids is 2. The summed E-state index contributed by atoms with van der Waals surface area (Å²) in [5.74, 6) is -0.766. The van der Waals surface area contributed by atoms with Crippen molar-refractivity contribution in [1.82, 2.24) is 0 Å². The Labute approximate surface area is 185 Å². The normalized spacial score (nSPS) is 21.5. The van der Waals surface area contributed by atoms with Gasteiger partial charge in [0.2, 0.25) is 0 Å². The van der Waals surface area contributed by atoms with Crippen molar-refractivity contribution in [3.8, 4) is 11.1 Å². The standard InChI is InChI=1S/C26H25F3O3/c1-15-11-19(18-3-5-21(6-4-18)26(27,28)29)12-16(2)23(15)24-22(30)14-20(25(24)31)13-17-7-9-32-10-8-17/h3-6,11-13,17,24H,7-10,14H2,1-2H3. The highest BCUT2D eigenvalue weighted by atomic mass is 19.4. The number of ketones is 2. The quantitative estimate of drug-likeness (QED) is 0.435. The lowest BCUT2D eigenvalue weighted by molar-refractivity contribution is -0.137. The van der Waals surface area contributed by atoms with Crippen molar-refractivity contribution >= 4 is 11.6 Å². The van der Waals surface area contributed by atoms with Crippen LogP contribution in [0.3, 0.4) is 0 Å². The van der Waals surface area contributed by atoms with Crippen LogP contribution in [0.15, 0.2) is 48.0 Å². The lowest BCUT2D eigenvalue weighted by Crippen LogP contribution is -2.17. The van der Waals surface area contributed by atoms with Gasteiger partial charge in [-0.15, -0.1) is 0 Å². The molecule has 32 heavy (non-hydrogen) atoms. The molecule has 0 aromatic heterocycles. The lowest BCUT2D eigenvalue weighted by atomic mass is 9.85. The maximum absolute atomic E-state index is 13.2. The molecule has 2 aromatic rings. The molecule has 2 aliphatic rings. The van der Waals surface area contributed by atoms with Crippen LogP contribution in [0, 0.1) is 19.8 Å². The zero-order chi connectivity index (χ0) is 23.0. The van der Waals surface area contributed by atoms with E-state index in [-0.39, 0.29) is 23.9 Å². The van der Waals surface area contributed by atoms with Crippen LogP contribution < -0.4 is 0 Å². The molecule has 1 saturated carbocycles. The first-order valence-corrected chi connectivity index (χ1v) is 10.8. The number of aryl methyl sites for hydroxylation is 2. The van der Waals surface area contributed by atoms with Gasteiger partial charge in [0.15, 0.2) is 11.6 Å². The fourth-order valence-electron chi connectivity index (χ4n) is 4.76. The van der Waals surface area contributed by atoms with E-state index in [2.05, 4.69) is 0 Å². The highest BCUT2D eigenvalue weighted by Gasteiger charge is 2.40. The molecule has 1 heterocycles. The molecule has 0 amide bonds. The van der Waals surface area contributed by atoms with Crippen LogP contribution in [0.5, 0.6) is 0 Å². The zero-order valence-electron chi connectivity index (χ0n) is 18.1. The smallest absolute Gasteiger partial charge is 0.381 e. The Bertz CT molecular complexity index is 1050. The van der Waals surface area contributed by atoms with Crippen LogP contribution in [0.1, 0.15) is 47.4 Å². The summed E-state index contributed by atoms with van der Waals surface area (Å²) in [7, 11) is 0. The van der Waals surface area contributed by atoms with Crippen molar-refractivity contribution in [2.45, 2.75) is 45.2 Å². The van der Waals surface area contributed by atoms with E-state index in [0.717, 1.165) is 41.7 Å². The molecule has 1 aliphatic carbocycles. The molecule has 0 radical (unpaired) electrons. The Morgan fingerprint density at radius 1 is 0.938 bits per heavy atom. The Hall–Kier alpha value is -2.73. The van der Waals surface area contributed by atoms with Crippen LogP contribution in [-0.4, -0.2) is 24.8 Å². The number of rotatable bonds is 3. The second-order valence-corrected chi connectivity index (χ2v) is 8.68. The van der Waals surface area contributed by atoms with Crippen molar-refractivity contribution in [3.63, 3.8) is 0 Å². The molecule has 0 N–H and O–H groups in total. The zero-order valence-corrected chi connectivity index (χ0v) is 18.1. The lowest BCUT2D eigenvalue weighted by Gasteiger charge is -2.19. The fourth-order valence-corrected chi connectivity index (χ4v) is 4.76. The first-order valence-electron chi connectivity index (χ1n) is 10.8. The number of allylic oxidation sites excluding steroid dienone is 2. The Morgan fingerprint density at radius 2 is 1.53 bits per heavy atom. The summed E-state index contributed by atoms with van der Waals surface area (Å²) in [6.45, 7) is 5.03. The molecule has 168 valence electrons. The predicted octanol–water partition coefficient (Wildman–Crippen LogP) is 5.97. The molecule has 1 unspecified atom stereocenters. The first-order chi connectivity index (χ1) is 15.1. The number of alkyl halides is 3. The molecule has 6 heteroatoms. The van der Waals surface area contributed by atoms with Crippen molar-refractivity contribution < 1.29 is 27.5 Å². The van der Waals surface area contributed by atoms with Gasteiger partial charge in [-0.25, -0.2) is 0 Å². The van der Waals surface area contributed by atoms with E-state index in [9.17, 15) is 22.8 Å². The third kappa shape index (κ3) is 4.42. The third-order valence-electron chi connectivity index (χ3n) is 6.40. The van der Waals surface area contributed by atoms with Crippen molar-refractivity contribution in [1.29, 1.82) is 0 Å². The van der Waals surface area contributed by atoms with E-state index in [1.165, 1.54) is 12.1 Å². The van der Waals surface area contributed by atoms with E-state index in [0.29, 0.717) is 29.9 Å². The average molecular weight is 442 g/mol. The molecule has 0 bridgehead atoms. The largest absolute Gasteiger partial charge is 0.416 e. The van der Waals surface area contributed by atoms with E-state index in [1.54, 1.807) is 0 Å². The monoisotopic (exact) mass is 442 g/mol. The Kier molecular flexibility index (Phi) is 6.08. The van der Waals surface area contributed by atoms with E-state index in [4.69, 9.17) is 4.74 Å². The van der Waals surface area contributed by atoms with E-state index >= 15 is 0 Å². The van der Waals surface area contributed by atoms with Crippen LogP contribution >= 0.6 is 0 Å². The minimum atomic E-state index is -4.38. The van der Waals surface area contributed by atoms with Crippen molar-refractivity contribution in [2.24, 2.45) is 5.92 Å². The van der Waals surface area contributed by atoms with Gasteiger partial charge >= 0.3 is 6.18 Å². The summed E-state index contributed by atoms with van der Waals surface area (Å²) in [6.07, 6.45) is -0.553. The van der Waals surface area contributed by atoms with Crippen molar-refractivity contribution in [2.75, 3.05) is 13.2 Å². The highest BCUT2D eigenvalue weighted by Crippen LogP contribution is 2.39. The summed E-state index contributed by atoms with van der Waals surface area (Å²) < 4.78 is 43.9. The Morgan fingerprint density at radius 3 is 2.09 bits per heavy atom. The molecular formula is C26H25F3O3. The van der Waals surface area contributed by atoms with Gasteiger partial charge in [0.05, 0.1) is 5.56 Å². The maximum Gasteiger partial charge on any atom is 0.416 e. The summed E-state index contributed by atoms with van der Waals surface area (Å²) in [4.78, 5) is 26.0. The second kappa shape index (κ2) is 8.66. The molecule has 0 spiro atoms. The first kappa shape index (κ1) is 22.5. The maximum atomic E-state index is 13.2. The Balaban J connectivity index is 1.63. The number of hydrogen-bond acceptors (Lipinski definition) is 3. The van der Waals surface area contributed by atoms with Crippen LogP contribution in [0.25, 0.3) is 11.1 Å². The van der Waals surface area contributed by atoms with Gasteiger partial charge in [-0.1, -0.05) is 30.3 Å². The molecule has 4 rings (SSSR count). The predicted molar refractivity (Wildman–Crippen MR) is 115 cm³/mol. The number of benzene rings is 2. The minimum Gasteiger partial charge on any atom is -0.381 e. The summed E-state index contributed by atoms with van der Waals surface area (Å²) >= 11 is 0. The van der Waals surface area contributed by atoms with Gasteiger partial charge in [0, 0.05) is 19.6 Å². The molecule has 1 saturated heterocycles. The number of ether oxygens (including phenoxy) is 1. The van der Waals surface area contributed by atoms with Gasteiger partial charge in [-0.05, 0) is 78.1 Å². The summed E-state index contributed by atoms with van der Waals surface area (Å²) in [5.41, 5.74) is 3.60. The molecule has 2 aromatic carbocycles. The van der Waals surface area contributed by atoms with E-state index in [1.807, 2.05) is 32.1 Å². The molecule has 3 nitrogen and oxygen atoms in total.